The number of rotatable bonds is 6. The van der Waals surface area contributed by atoms with E-state index in [1.54, 1.807) is 18.7 Å². The van der Waals surface area contributed by atoms with Crippen LogP contribution in [0.5, 0.6) is 11.5 Å². The van der Waals surface area contributed by atoms with Crippen LogP contribution in [0.2, 0.25) is 0 Å². The molecule has 0 spiro atoms. The summed E-state index contributed by atoms with van der Waals surface area (Å²) in [4.78, 5) is 19.3. The van der Waals surface area contributed by atoms with Crippen LogP contribution in [0.4, 0.5) is 5.69 Å². The van der Waals surface area contributed by atoms with Crippen LogP contribution in [0.15, 0.2) is 55.1 Å². The molecular formula is C21H24N6O2. The van der Waals surface area contributed by atoms with Crippen LogP contribution in [-0.2, 0) is 18.4 Å². The molecule has 1 fully saturated rings. The SMILES string of the molecule is Cn1cnnc1CN1CCCC(C(=O)Nc2ccccc2Oc2cccnc2)C1. The standard InChI is InChI=1S/C21H24N6O2/c1-26-15-23-25-20(26)14-27-11-5-6-16(13-27)21(28)24-18-8-2-3-9-19(18)29-17-7-4-10-22-12-17/h2-4,7-10,12,15-16H,5-6,11,13-14H2,1H3,(H,24,28). The van der Waals surface area contributed by atoms with Crippen LogP contribution >= 0.6 is 0 Å². The molecule has 1 unspecified atom stereocenters. The molecule has 29 heavy (non-hydrogen) atoms. The molecule has 1 aromatic carbocycles. The zero-order chi connectivity index (χ0) is 20.1. The van der Waals surface area contributed by atoms with E-state index in [9.17, 15) is 4.79 Å². The summed E-state index contributed by atoms with van der Waals surface area (Å²) < 4.78 is 7.81. The van der Waals surface area contributed by atoms with E-state index in [1.807, 2.05) is 48.0 Å². The van der Waals surface area contributed by atoms with E-state index >= 15 is 0 Å². The average Bonchev–Trinajstić information content (AvgIpc) is 3.15. The fraction of sp³-hybridized carbons (Fsp3) is 0.333. The lowest BCUT2D eigenvalue weighted by atomic mass is 9.97. The van der Waals surface area contributed by atoms with Crippen LogP contribution in [0, 0.1) is 5.92 Å². The van der Waals surface area contributed by atoms with Crippen LogP contribution in [0.3, 0.4) is 0 Å². The van der Waals surface area contributed by atoms with Crippen molar-refractivity contribution in [3.8, 4) is 11.5 Å². The molecule has 0 bridgehead atoms. The number of ether oxygens (including phenoxy) is 1. The third-order valence-electron chi connectivity index (χ3n) is 5.05. The second-order valence-corrected chi connectivity index (χ2v) is 7.21. The van der Waals surface area contributed by atoms with Crippen molar-refractivity contribution in [2.24, 2.45) is 13.0 Å². The summed E-state index contributed by atoms with van der Waals surface area (Å²) in [5.41, 5.74) is 0.659. The Morgan fingerprint density at radius 3 is 2.97 bits per heavy atom. The lowest BCUT2D eigenvalue weighted by Gasteiger charge is -2.31. The topological polar surface area (TPSA) is 85.2 Å². The number of aromatic nitrogens is 4. The fourth-order valence-electron chi connectivity index (χ4n) is 3.49. The van der Waals surface area contributed by atoms with Crippen molar-refractivity contribution in [1.82, 2.24) is 24.6 Å². The monoisotopic (exact) mass is 392 g/mol. The summed E-state index contributed by atoms with van der Waals surface area (Å²) in [6, 6.07) is 11.1. The maximum Gasteiger partial charge on any atom is 0.228 e. The van der Waals surface area contributed by atoms with Gasteiger partial charge in [0.25, 0.3) is 0 Å². The first-order valence-electron chi connectivity index (χ1n) is 9.72. The number of anilines is 1. The predicted octanol–water partition coefficient (Wildman–Crippen LogP) is 2.85. The molecule has 0 saturated carbocycles. The van der Waals surface area contributed by atoms with Crippen LogP contribution < -0.4 is 10.1 Å². The Bertz CT molecular complexity index is 959. The predicted molar refractivity (Wildman–Crippen MR) is 108 cm³/mol. The van der Waals surface area contributed by atoms with Gasteiger partial charge in [0, 0.05) is 19.8 Å². The van der Waals surface area contributed by atoms with E-state index in [1.165, 1.54) is 0 Å². The summed E-state index contributed by atoms with van der Waals surface area (Å²) in [5.74, 6) is 2.06. The van der Waals surface area contributed by atoms with Crippen molar-refractivity contribution in [2.45, 2.75) is 19.4 Å². The summed E-state index contributed by atoms with van der Waals surface area (Å²) in [6.07, 6.45) is 6.87. The Labute approximate surface area is 169 Å². The van der Waals surface area contributed by atoms with E-state index in [0.717, 1.165) is 25.2 Å². The van der Waals surface area contributed by atoms with E-state index in [0.29, 0.717) is 30.3 Å². The minimum Gasteiger partial charge on any atom is -0.454 e. The van der Waals surface area contributed by atoms with Gasteiger partial charge in [-0.3, -0.25) is 14.7 Å². The molecule has 0 aliphatic carbocycles. The van der Waals surface area contributed by atoms with Gasteiger partial charge in [-0.2, -0.15) is 0 Å². The molecule has 2 aromatic heterocycles. The number of carbonyl (C=O) groups excluding carboxylic acids is 1. The highest BCUT2D eigenvalue weighted by atomic mass is 16.5. The first-order valence-corrected chi connectivity index (χ1v) is 9.72. The number of benzene rings is 1. The highest BCUT2D eigenvalue weighted by Gasteiger charge is 2.27. The van der Waals surface area contributed by atoms with Crippen molar-refractivity contribution in [3.63, 3.8) is 0 Å². The highest BCUT2D eigenvalue weighted by Crippen LogP contribution is 2.30. The molecule has 3 aromatic rings. The Hall–Kier alpha value is -3.26. The first kappa shape index (κ1) is 19.1. The summed E-state index contributed by atoms with van der Waals surface area (Å²) >= 11 is 0. The minimum atomic E-state index is -0.0802. The van der Waals surface area contributed by atoms with E-state index in [-0.39, 0.29) is 11.8 Å². The Kier molecular flexibility index (Phi) is 5.81. The molecule has 1 aliphatic heterocycles. The number of amides is 1. The quantitative estimate of drug-likeness (QED) is 0.694. The number of hydrogen-bond acceptors (Lipinski definition) is 6. The fourth-order valence-corrected chi connectivity index (χ4v) is 3.49. The zero-order valence-electron chi connectivity index (χ0n) is 16.4. The molecule has 0 radical (unpaired) electrons. The van der Waals surface area contributed by atoms with Gasteiger partial charge < -0.3 is 14.6 Å². The number of nitrogens with one attached hydrogen (secondary N) is 1. The van der Waals surface area contributed by atoms with Crippen molar-refractivity contribution in [1.29, 1.82) is 0 Å². The summed E-state index contributed by atoms with van der Waals surface area (Å²) in [7, 11) is 1.93. The lowest BCUT2D eigenvalue weighted by Crippen LogP contribution is -2.40. The molecule has 4 rings (SSSR count). The van der Waals surface area contributed by atoms with E-state index in [2.05, 4.69) is 25.4 Å². The molecule has 1 saturated heterocycles. The third kappa shape index (κ3) is 4.78. The van der Waals surface area contributed by atoms with Gasteiger partial charge >= 0.3 is 0 Å². The highest BCUT2D eigenvalue weighted by molar-refractivity contribution is 5.94. The van der Waals surface area contributed by atoms with Gasteiger partial charge in [-0.25, -0.2) is 0 Å². The number of likely N-dealkylation sites (tertiary alicyclic amines) is 1. The number of pyridine rings is 1. The van der Waals surface area contributed by atoms with Gasteiger partial charge in [0.05, 0.1) is 24.3 Å². The molecule has 1 amide bonds. The molecular weight excluding hydrogens is 368 g/mol. The van der Waals surface area contributed by atoms with E-state index in [4.69, 9.17) is 4.74 Å². The van der Waals surface area contributed by atoms with Gasteiger partial charge in [-0.05, 0) is 43.7 Å². The second-order valence-electron chi connectivity index (χ2n) is 7.21. The zero-order valence-corrected chi connectivity index (χ0v) is 16.4. The second kappa shape index (κ2) is 8.83. The van der Waals surface area contributed by atoms with Gasteiger partial charge in [-0.1, -0.05) is 12.1 Å². The molecule has 150 valence electrons. The Morgan fingerprint density at radius 1 is 1.28 bits per heavy atom. The number of para-hydroxylation sites is 2. The maximum atomic E-state index is 12.9. The third-order valence-corrected chi connectivity index (χ3v) is 5.05. The Morgan fingerprint density at radius 2 is 2.17 bits per heavy atom. The largest absolute Gasteiger partial charge is 0.454 e. The number of aryl methyl sites for hydroxylation is 1. The molecule has 8 nitrogen and oxygen atoms in total. The van der Waals surface area contributed by atoms with Crippen molar-refractivity contribution in [3.05, 3.63) is 60.9 Å². The maximum absolute atomic E-state index is 12.9. The minimum absolute atomic E-state index is 0.00917. The smallest absolute Gasteiger partial charge is 0.228 e. The van der Waals surface area contributed by atoms with Gasteiger partial charge in [0.2, 0.25) is 5.91 Å². The number of nitrogens with zero attached hydrogens (tertiary/aromatic N) is 5. The van der Waals surface area contributed by atoms with Gasteiger partial charge in [0.1, 0.15) is 17.9 Å². The Balaban J connectivity index is 1.41. The molecule has 1 aliphatic rings. The van der Waals surface area contributed by atoms with Gasteiger partial charge in [-0.15, -0.1) is 10.2 Å². The number of carbonyl (C=O) groups is 1. The van der Waals surface area contributed by atoms with Crippen molar-refractivity contribution < 1.29 is 9.53 Å². The van der Waals surface area contributed by atoms with Crippen LogP contribution in [-0.4, -0.2) is 43.6 Å². The van der Waals surface area contributed by atoms with Crippen LogP contribution in [0.25, 0.3) is 0 Å². The van der Waals surface area contributed by atoms with Crippen LogP contribution in [0.1, 0.15) is 18.7 Å². The normalized spacial score (nSPS) is 17.1. The molecule has 1 atom stereocenters. The lowest BCUT2D eigenvalue weighted by molar-refractivity contribution is -0.121. The van der Waals surface area contributed by atoms with Crippen molar-refractivity contribution >= 4 is 11.6 Å². The van der Waals surface area contributed by atoms with Crippen molar-refractivity contribution in [2.75, 3.05) is 18.4 Å². The average molecular weight is 392 g/mol. The van der Waals surface area contributed by atoms with E-state index < -0.39 is 0 Å². The molecule has 3 heterocycles. The summed E-state index contributed by atoms with van der Waals surface area (Å²) in [6.45, 7) is 2.35. The first-order chi connectivity index (χ1) is 14.2. The van der Waals surface area contributed by atoms with Gasteiger partial charge in [0.15, 0.2) is 5.75 Å². The molecule has 1 N–H and O–H groups in total. The number of hydrogen-bond donors (Lipinski definition) is 1. The number of piperidine rings is 1. The molecule has 8 heteroatoms. The summed E-state index contributed by atoms with van der Waals surface area (Å²) in [5, 5.41) is 11.1.